The van der Waals surface area contributed by atoms with Crippen molar-refractivity contribution in [3.63, 3.8) is 0 Å². The molecule has 0 bridgehead atoms. The second kappa shape index (κ2) is 8.26. The van der Waals surface area contributed by atoms with Gasteiger partial charge < -0.3 is 5.32 Å². The van der Waals surface area contributed by atoms with Crippen LogP contribution >= 0.6 is 0 Å². The van der Waals surface area contributed by atoms with E-state index < -0.39 is 0 Å². The predicted molar refractivity (Wildman–Crippen MR) is 102 cm³/mol. The number of rotatable bonds is 6. The fourth-order valence-electron chi connectivity index (χ4n) is 3.26. The van der Waals surface area contributed by atoms with Gasteiger partial charge in [0.1, 0.15) is 0 Å². The number of aromatic nitrogens is 1. The summed E-state index contributed by atoms with van der Waals surface area (Å²) in [4.78, 5) is 19.3. The van der Waals surface area contributed by atoms with Gasteiger partial charge in [-0.25, -0.2) is 0 Å². The molecule has 1 amide bonds. The summed E-state index contributed by atoms with van der Waals surface area (Å²) in [6.07, 6.45) is 7.11. The smallest absolute Gasteiger partial charge is 0.257 e. The number of carbonyl (C=O) groups is 1. The molecule has 1 N–H and O–H groups in total. The molecule has 0 aliphatic carbocycles. The number of nitrogens with zero attached hydrogens (tertiary/aromatic N) is 2. The van der Waals surface area contributed by atoms with Crippen molar-refractivity contribution in [2.45, 2.75) is 45.6 Å². The van der Waals surface area contributed by atoms with Crippen molar-refractivity contribution in [3.8, 4) is 0 Å². The second-order valence-electron chi connectivity index (χ2n) is 6.95. The minimum Gasteiger partial charge on any atom is -0.322 e. The average molecular weight is 337 g/mol. The number of pyridine rings is 1. The van der Waals surface area contributed by atoms with Gasteiger partial charge in [-0.1, -0.05) is 26.0 Å². The Balaban J connectivity index is 1.68. The van der Waals surface area contributed by atoms with Gasteiger partial charge in [0.05, 0.1) is 5.56 Å². The summed E-state index contributed by atoms with van der Waals surface area (Å²) < 4.78 is 0. The van der Waals surface area contributed by atoms with Crippen molar-refractivity contribution < 1.29 is 4.79 Å². The number of nitrogens with one attached hydrogen (secondary N) is 1. The maximum absolute atomic E-state index is 12.6. The Bertz CT molecular complexity index is 723. The molecular formula is C21H27N3O. The van der Waals surface area contributed by atoms with E-state index in [0.717, 1.165) is 37.3 Å². The normalized spacial score (nSPS) is 15.9. The minimum atomic E-state index is -0.0999. The molecule has 1 fully saturated rings. The summed E-state index contributed by atoms with van der Waals surface area (Å²) in [5, 5.41) is 3.01. The standard InChI is InChI=1S/C21H27N3O/c1-3-16(2)18-7-6-8-20(12-18)23-21(25)19-11-17(13-22-14-19)15-24-9-4-5-10-24/h6-8,11-14,16H,3-5,9-10,15H2,1-2H3,(H,23,25). The van der Waals surface area contributed by atoms with Crippen LogP contribution in [0, 0.1) is 0 Å². The highest BCUT2D eigenvalue weighted by molar-refractivity contribution is 6.04. The summed E-state index contributed by atoms with van der Waals surface area (Å²) in [7, 11) is 0. The van der Waals surface area contributed by atoms with Crippen molar-refractivity contribution in [1.29, 1.82) is 0 Å². The summed E-state index contributed by atoms with van der Waals surface area (Å²) in [5.41, 5.74) is 3.81. The van der Waals surface area contributed by atoms with Gasteiger partial charge in [0.25, 0.3) is 5.91 Å². The highest BCUT2D eigenvalue weighted by Crippen LogP contribution is 2.22. The van der Waals surface area contributed by atoms with Gasteiger partial charge in [-0.2, -0.15) is 0 Å². The molecule has 4 nitrogen and oxygen atoms in total. The first kappa shape index (κ1) is 17.6. The SMILES string of the molecule is CCC(C)c1cccc(NC(=O)c2cncc(CN3CCCC3)c2)c1. The van der Waals surface area contributed by atoms with Gasteiger partial charge in [-0.15, -0.1) is 0 Å². The van der Waals surface area contributed by atoms with Gasteiger partial charge in [-0.3, -0.25) is 14.7 Å². The Kier molecular flexibility index (Phi) is 5.82. The number of benzene rings is 1. The Morgan fingerprint density at radius 2 is 2.04 bits per heavy atom. The van der Waals surface area contributed by atoms with Crippen LogP contribution in [0.2, 0.25) is 0 Å². The van der Waals surface area contributed by atoms with E-state index in [1.54, 1.807) is 6.20 Å². The van der Waals surface area contributed by atoms with Crippen LogP contribution in [0.1, 0.15) is 60.5 Å². The zero-order valence-electron chi connectivity index (χ0n) is 15.2. The summed E-state index contributed by atoms with van der Waals surface area (Å²) in [6, 6.07) is 10.1. The van der Waals surface area contributed by atoms with E-state index in [2.05, 4.69) is 41.2 Å². The largest absolute Gasteiger partial charge is 0.322 e. The van der Waals surface area contributed by atoms with Gasteiger partial charge >= 0.3 is 0 Å². The average Bonchev–Trinajstić information content (AvgIpc) is 3.14. The Hall–Kier alpha value is -2.20. The monoisotopic (exact) mass is 337 g/mol. The number of hydrogen-bond donors (Lipinski definition) is 1. The molecule has 4 heteroatoms. The minimum absolute atomic E-state index is 0.0999. The van der Waals surface area contributed by atoms with Crippen LogP contribution in [0.15, 0.2) is 42.7 Å². The predicted octanol–water partition coefficient (Wildman–Crippen LogP) is 4.44. The molecule has 1 aromatic heterocycles. The lowest BCUT2D eigenvalue weighted by atomic mass is 9.98. The van der Waals surface area contributed by atoms with Crippen LogP contribution in [0.4, 0.5) is 5.69 Å². The number of hydrogen-bond acceptors (Lipinski definition) is 3. The molecule has 132 valence electrons. The van der Waals surface area contributed by atoms with Crippen LogP contribution in [0.3, 0.4) is 0 Å². The highest BCUT2D eigenvalue weighted by atomic mass is 16.1. The third-order valence-electron chi connectivity index (χ3n) is 4.99. The molecule has 2 aromatic rings. The molecule has 0 spiro atoms. The second-order valence-corrected chi connectivity index (χ2v) is 6.95. The molecule has 1 saturated heterocycles. The molecule has 1 unspecified atom stereocenters. The number of amides is 1. The first-order chi connectivity index (χ1) is 12.2. The van der Waals surface area contributed by atoms with Crippen molar-refractivity contribution >= 4 is 11.6 Å². The first-order valence-electron chi connectivity index (χ1n) is 9.23. The lowest BCUT2D eigenvalue weighted by Gasteiger charge is -2.15. The van der Waals surface area contributed by atoms with E-state index in [-0.39, 0.29) is 5.91 Å². The Labute approximate surface area is 150 Å². The summed E-state index contributed by atoms with van der Waals surface area (Å²) >= 11 is 0. The molecule has 1 aromatic carbocycles. The van der Waals surface area contributed by atoms with Gasteiger partial charge in [0.2, 0.25) is 0 Å². The zero-order chi connectivity index (χ0) is 17.6. The van der Waals surface area contributed by atoms with E-state index in [9.17, 15) is 4.79 Å². The van der Waals surface area contributed by atoms with E-state index in [1.165, 1.54) is 18.4 Å². The highest BCUT2D eigenvalue weighted by Gasteiger charge is 2.14. The van der Waals surface area contributed by atoms with Gasteiger partial charge in [0.15, 0.2) is 0 Å². The van der Waals surface area contributed by atoms with E-state index in [1.807, 2.05) is 24.4 Å². The number of carbonyl (C=O) groups excluding carboxylic acids is 1. The molecule has 25 heavy (non-hydrogen) atoms. The Morgan fingerprint density at radius 3 is 2.80 bits per heavy atom. The Morgan fingerprint density at radius 1 is 1.24 bits per heavy atom. The van der Waals surface area contributed by atoms with Crippen LogP contribution in [0.5, 0.6) is 0 Å². The molecule has 0 saturated carbocycles. The van der Waals surface area contributed by atoms with Crippen molar-refractivity contribution in [3.05, 3.63) is 59.4 Å². The first-order valence-corrected chi connectivity index (χ1v) is 9.23. The quantitative estimate of drug-likeness (QED) is 0.847. The van der Waals surface area contributed by atoms with Crippen LogP contribution in [-0.4, -0.2) is 28.9 Å². The summed E-state index contributed by atoms with van der Waals surface area (Å²) in [5.74, 6) is 0.388. The fourth-order valence-corrected chi connectivity index (χ4v) is 3.26. The van der Waals surface area contributed by atoms with Gasteiger partial charge in [0, 0.05) is 24.6 Å². The lowest BCUT2D eigenvalue weighted by molar-refractivity contribution is 0.102. The topological polar surface area (TPSA) is 45.2 Å². The molecule has 3 rings (SSSR count). The molecule has 0 radical (unpaired) electrons. The van der Waals surface area contributed by atoms with E-state index in [4.69, 9.17) is 0 Å². The zero-order valence-corrected chi connectivity index (χ0v) is 15.2. The van der Waals surface area contributed by atoms with E-state index in [0.29, 0.717) is 11.5 Å². The van der Waals surface area contributed by atoms with Crippen molar-refractivity contribution in [1.82, 2.24) is 9.88 Å². The van der Waals surface area contributed by atoms with Crippen LogP contribution < -0.4 is 5.32 Å². The molecule has 1 aliphatic rings. The van der Waals surface area contributed by atoms with E-state index >= 15 is 0 Å². The molecule has 2 heterocycles. The van der Waals surface area contributed by atoms with Crippen molar-refractivity contribution in [2.24, 2.45) is 0 Å². The van der Waals surface area contributed by atoms with Crippen LogP contribution in [-0.2, 0) is 6.54 Å². The summed E-state index contributed by atoms with van der Waals surface area (Å²) in [6.45, 7) is 7.52. The number of likely N-dealkylation sites (tertiary alicyclic amines) is 1. The van der Waals surface area contributed by atoms with Crippen LogP contribution in [0.25, 0.3) is 0 Å². The van der Waals surface area contributed by atoms with Crippen molar-refractivity contribution in [2.75, 3.05) is 18.4 Å². The molecule has 1 aliphatic heterocycles. The maximum Gasteiger partial charge on any atom is 0.257 e. The van der Waals surface area contributed by atoms with Gasteiger partial charge in [-0.05, 0) is 67.6 Å². The number of anilines is 1. The third-order valence-corrected chi connectivity index (χ3v) is 4.99. The molecule has 1 atom stereocenters. The lowest BCUT2D eigenvalue weighted by Crippen LogP contribution is -2.19. The fraction of sp³-hybridized carbons (Fsp3) is 0.429. The third kappa shape index (κ3) is 4.67. The maximum atomic E-state index is 12.6. The molecular weight excluding hydrogens is 310 g/mol.